The first-order valence-corrected chi connectivity index (χ1v) is 5.92. The number of nitrogens with zero attached hydrogens (tertiary/aromatic N) is 4. The highest BCUT2D eigenvalue weighted by Crippen LogP contribution is 2.23. The highest BCUT2D eigenvalue weighted by atomic mass is 32.2. The van der Waals surface area contributed by atoms with Crippen molar-refractivity contribution < 1.29 is 0 Å². The maximum Gasteiger partial charge on any atom is 0.211 e. The summed E-state index contributed by atoms with van der Waals surface area (Å²) in [5, 5.41) is 17.1. The van der Waals surface area contributed by atoms with Crippen LogP contribution >= 0.6 is 11.8 Å². The molecule has 17 heavy (non-hydrogen) atoms. The van der Waals surface area contributed by atoms with Crippen molar-refractivity contribution in [2.75, 3.05) is 5.84 Å². The zero-order chi connectivity index (χ0) is 12.3. The van der Waals surface area contributed by atoms with Crippen molar-refractivity contribution in [3.05, 3.63) is 30.3 Å². The van der Waals surface area contributed by atoms with Gasteiger partial charge in [0.2, 0.25) is 5.16 Å². The van der Waals surface area contributed by atoms with E-state index in [1.165, 1.54) is 16.4 Å². The first kappa shape index (κ1) is 11.5. The van der Waals surface area contributed by atoms with E-state index in [1.54, 1.807) is 6.92 Å². The van der Waals surface area contributed by atoms with Crippen molar-refractivity contribution in [2.45, 2.75) is 17.3 Å². The lowest BCUT2D eigenvalue weighted by atomic mass is 10.2. The Kier molecular flexibility index (Phi) is 3.30. The summed E-state index contributed by atoms with van der Waals surface area (Å²) in [5.41, 5.74) is 0.902. The minimum Gasteiger partial charge on any atom is -0.335 e. The van der Waals surface area contributed by atoms with Crippen LogP contribution in [-0.4, -0.2) is 20.1 Å². The smallest absolute Gasteiger partial charge is 0.211 e. The van der Waals surface area contributed by atoms with Crippen LogP contribution in [0.2, 0.25) is 0 Å². The Hall–Kier alpha value is -2.00. The van der Waals surface area contributed by atoms with Gasteiger partial charge in [0, 0.05) is 5.56 Å². The molecular weight excluding hydrogens is 234 g/mol. The van der Waals surface area contributed by atoms with Crippen LogP contribution in [0.5, 0.6) is 0 Å². The van der Waals surface area contributed by atoms with Crippen molar-refractivity contribution in [3.8, 4) is 17.5 Å². The summed E-state index contributed by atoms with van der Waals surface area (Å²) in [6.07, 6.45) is 0. The molecule has 86 valence electrons. The minimum absolute atomic E-state index is 0.204. The first-order chi connectivity index (χ1) is 8.22. The summed E-state index contributed by atoms with van der Waals surface area (Å²) in [5.74, 6) is 6.50. The van der Waals surface area contributed by atoms with Gasteiger partial charge in [-0.25, -0.2) is 4.68 Å². The molecule has 1 atom stereocenters. The summed E-state index contributed by atoms with van der Waals surface area (Å²) in [6.45, 7) is 1.79. The molecule has 0 aliphatic carbocycles. The number of nitrogen functional groups attached to an aromatic ring is 1. The van der Waals surface area contributed by atoms with Gasteiger partial charge in [0.15, 0.2) is 5.82 Å². The molecule has 0 radical (unpaired) electrons. The van der Waals surface area contributed by atoms with Gasteiger partial charge in [0.1, 0.15) is 0 Å². The molecule has 2 N–H and O–H groups in total. The van der Waals surface area contributed by atoms with Gasteiger partial charge in [0.25, 0.3) is 0 Å². The summed E-state index contributed by atoms with van der Waals surface area (Å²) < 4.78 is 1.41. The van der Waals surface area contributed by atoms with Gasteiger partial charge >= 0.3 is 0 Å². The van der Waals surface area contributed by atoms with E-state index in [2.05, 4.69) is 16.3 Å². The van der Waals surface area contributed by atoms with Crippen LogP contribution in [0.15, 0.2) is 35.5 Å². The van der Waals surface area contributed by atoms with Gasteiger partial charge < -0.3 is 5.84 Å². The van der Waals surface area contributed by atoms with E-state index in [-0.39, 0.29) is 5.25 Å². The average molecular weight is 245 g/mol. The summed E-state index contributed by atoms with van der Waals surface area (Å²) in [4.78, 5) is 0. The quantitative estimate of drug-likeness (QED) is 0.657. The molecule has 0 spiro atoms. The Bertz CT molecular complexity index is 543. The van der Waals surface area contributed by atoms with E-state index in [0.29, 0.717) is 11.0 Å². The topological polar surface area (TPSA) is 80.5 Å². The number of nitriles is 1. The number of hydrogen-bond acceptors (Lipinski definition) is 5. The maximum absolute atomic E-state index is 8.74. The second kappa shape index (κ2) is 4.89. The lowest BCUT2D eigenvalue weighted by Gasteiger charge is -2.03. The number of rotatable bonds is 3. The van der Waals surface area contributed by atoms with Gasteiger partial charge in [-0.1, -0.05) is 42.1 Å². The van der Waals surface area contributed by atoms with Crippen LogP contribution in [0.4, 0.5) is 0 Å². The third kappa shape index (κ3) is 2.40. The van der Waals surface area contributed by atoms with Crippen molar-refractivity contribution in [2.24, 2.45) is 0 Å². The van der Waals surface area contributed by atoms with E-state index in [4.69, 9.17) is 11.1 Å². The molecule has 0 saturated heterocycles. The maximum atomic E-state index is 8.74. The van der Waals surface area contributed by atoms with Crippen molar-refractivity contribution >= 4 is 11.8 Å². The molecule has 0 fully saturated rings. The largest absolute Gasteiger partial charge is 0.335 e. The molecule has 1 aromatic carbocycles. The second-order valence-corrected chi connectivity index (χ2v) is 4.74. The summed E-state index contributed by atoms with van der Waals surface area (Å²) in [6, 6.07) is 11.7. The summed E-state index contributed by atoms with van der Waals surface area (Å²) in [7, 11) is 0. The standard InChI is InChI=1S/C11H11N5S/c1-8(7-12)17-11-15-14-10(16(11)13)9-5-3-2-4-6-9/h2-6,8H,13H2,1H3. The molecule has 0 bridgehead atoms. The fraction of sp³-hybridized carbons (Fsp3) is 0.182. The van der Waals surface area contributed by atoms with Crippen molar-refractivity contribution in [1.82, 2.24) is 14.9 Å². The fourth-order valence-electron chi connectivity index (χ4n) is 1.33. The van der Waals surface area contributed by atoms with E-state index < -0.39 is 0 Å². The number of hydrogen-bond donors (Lipinski definition) is 1. The van der Waals surface area contributed by atoms with Crippen LogP contribution in [0, 0.1) is 11.3 Å². The minimum atomic E-state index is -0.204. The number of thioether (sulfide) groups is 1. The van der Waals surface area contributed by atoms with Gasteiger partial charge in [-0.05, 0) is 6.92 Å². The molecule has 1 aromatic heterocycles. The normalized spacial score (nSPS) is 12.0. The molecule has 2 rings (SSSR count). The average Bonchev–Trinajstić information content (AvgIpc) is 2.72. The van der Waals surface area contributed by atoms with Crippen molar-refractivity contribution in [3.63, 3.8) is 0 Å². The molecule has 1 heterocycles. The predicted molar refractivity (Wildman–Crippen MR) is 66.5 cm³/mol. The van der Waals surface area contributed by atoms with Crippen LogP contribution in [-0.2, 0) is 0 Å². The van der Waals surface area contributed by atoms with Gasteiger partial charge in [-0.2, -0.15) is 5.26 Å². The third-order valence-electron chi connectivity index (χ3n) is 2.16. The lowest BCUT2D eigenvalue weighted by molar-refractivity contribution is 0.848. The lowest BCUT2D eigenvalue weighted by Crippen LogP contribution is -2.12. The Morgan fingerprint density at radius 2 is 2.06 bits per heavy atom. The van der Waals surface area contributed by atoms with Gasteiger partial charge in [0.05, 0.1) is 11.3 Å². The predicted octanol–water partition coefficient (Wildman–Crippen LogP) is 1.66. The Morgan fingerprint density at radius 1 is 1.35 bits per heavy atom. The number of nitrogens with two attached hydrogens (primary N) is 1. The van der Waals surface area contributed by atoms with Gasteiger partial charge in [-0.3, -0.25) is 0 Å². The zero-order valence-corrected chi connectivity index (χ0v) is 10.1. The molecule has 5 nitrogen and oxygen atoms in total. The Labute approximate surface area is 103 Å². The van der Waals surface area contributed by atoms with E-state index in [0.717, 1.165) is 5.56 Å². The highest BCUT2D eigenvalue weighted by Gasteiger charge is 2.14. The first-order valence-electron chi connectivity index (χ1n) is 5.04. The molecular formula is C11H11N5S. The van der Waals surface area contributed by atoms with Crippen LogP contribution in [0.3, 0.4) is 0 Å². The molecule has 0 aliphatic rings. The van der Waals surface area contributed by atoms with Crippen LogP contribution < -0.4 is 5.84 Å². The number of benzene rings is 1. The fourth-order valence-corrected chi connectivity index (χ4v) is 1.98. The molecule has 0 saturated carbocycles. The Balaban J connectivity index is 2.31. The molecule has 0 aliphatic heterocycles. The van der Waals surface area contributed by atoms with E-state index >= 15 is 0 Å². The molecule has 0 amide bonds. The van der Waals surface area contributed by atoms with Gasteiger partial charge in [-0.15, -0.1) is 10.2 Å². The monoisotopic (exact) mass is 245 g/mol. The van der Waals surface area contributed by atoms with Crippen LogP contribution in [0.1, 0.15) is 6.92 Å². The SMILES string of the molecule is CC(C#N)Sc1nnc(-c2ccccc2)n1N. The second-order valence-electron chi connectivity index (χ2n) is 3.43. The number of aromatic nitrogens is 3. The molecule has 6 heteroatoms. The Morgan fingerprint density at radius 3 is 2.71 bits per heavy atom. The van der Waals surface area contributed by atoms with Crippen molar-refractivity contribution in [1.29, 1.82) is 5.26 Å². The van der Waals surface area contributed by atoms with Crippen LogP contribution in [0.25, 0.3) is 11.4 Å². The third-order valence-corrected chi connectivity index (χ3v) is 3.11. The van der Waals surface area contributed by atoms with E-state index in [9.17, 15) is 0 Å². The zero-order valence-electron chi connectivity index (χ0n) is 9.24. The highest BCUT2D eigenvalue weighted by molar-refractivity contribution is 8.00. The molecule has 1 unspecified atom stereocenters. The molecule has 2 aromatic rings. The van der Waals surface area contributed by atoms with E-state index in [1.807, 2.05) is 30.3 Å². The summed E-state index contributed by atoms with van der Waals surface area (Å²) >= 11 is 1.29.